The lowest BCUT2D eigenvalue weighted by Gasteiger charge is -2.35. The molecule has 0 aliphatic carbocycles. The summed E-state index contributed by atoms with van der Waals surface area (Å²) in [6, 6.07) is 0.0413. The summed E-state index contributed by atoms with van der Waals surface area (Å²) in [6.45, 7) is 10.8. The third kappa shape index (κ3) is 6.71. The van der Waals surface area contributed by atoms with Crippen LogP contribution in [0.1, 0.15) is 27.2 Å². The second-order valence-electron chi connectivity index (χ2n) is 6.15. The third-order valence-electron chi connectivity index (χ3n) is 3.42. The molecule has 0 aromatic carbocycles. The summed E-state index contributed by atoms with van der Waals surface area (Å²) in [4.78, 5) is 2.49. The highest BCUT2D eigenvalue weighted by molar-refractivity contribution is 7.90. The van der Waals surface area contributed by atoms with Crippen molar-refractivity contribution in [3.63, 3.8) is 0 Å². The van der Waals surface area contributed by atoms with E-state index >= 15 is 0 Å². The van der Waals surface area contributed by atoms with Crippen molar-refractivity contribution in [1.29, 1.82) is 0 Å². The molecule has 0 aromatic rings. The van der Waals surface area contributed by atoms with Gasteiger partial charge in [-0.1, -0.05) is 13.8 Å². The van der Waals surface area contributed by atoms with Gasteiger partial charge in [0.15, 0.2) is 0 Å². The van der Waals surface area contributed by atoms with Crippen LogP contribution >= 0.6 is 0 Å². The van der Waals surface area contributed by atoms with Crippen LogP contribution in [-0.2, 0) is 9.84 Å². The zero-order valence-electron chi connectivity index (χ0n) is 12.1. The Kier molecular flexibility index (Phi) is 6.08. The molecule has 1 heterocycles. The SMILES string of the molecule is CC1CC(C)CN(CCNC(C)CS(C)(=O)=O)C1. The summed E-state index contributed by atoms with van der Waals surface area (Å²) in [5.74, 6) is 1.78. The van der Waals surface area contributed by atoms with Crippen LogP contribution in [0.3, 0.4) is 0 Å². The van der Waals surface area contributed by atoms with E-state index in [4.69, 9.17) is 0 Å². The van der Waals surface area contributed by atoms with Gasteiger partial charge in [0.2, 0.25) is 0 Å². The molecule has 1 rings (SSSR count). The van der Waals surface area contributed by atoms with Gasteiger partial charge >= 0.3 is 0 Å². The van der Waals surface area contributed by atoms with E-state index < -0.39 is 9.84 Å². The van der Waals surface area contributed by atoms with Crippen LogP contribution in [0.25, 0.3) is 0 Å². The lowest BCUT2D eigenvalue weighted by atomic mass is 9.92. The number of nitrogens with zero attached hydrogens (tertiary/aromatic N) is 1. The fourth-order valence-electron chi connectivity index (χ4n) is 2.96. The van der Waals surface area contributed by atoms with Gasteiger partial charge in [-0.15, -0.1) is 0 Å². The maximum atomic E-state index is 11.1. The highest BCUT2D eigenvalue weighted by atomic mass is 32.2. The monoisotopic (exact) mass is 276 g/mol. The molecule has 108 valence electrons. The molecule has 0 aromatic heterocycles. The predicted molar refractivity (Wildman–Crippen MR) is 76.6 cm³/mol. The lowest BCUT2D eigenvalue weighted by Crippen LogP contribution is -2.44. The van der Waals surface area contributed by atoms with Gasteiger partial charge < -0.3 is 10.2 Å². The molecule has 4 nitrogen and oxygen atoms in total. The molecule has 3 unspecified atom stereocenters. The number of rotatable bonds is 6. The number of piperidine rings is 1. The van der Waals surface area contributed by atoms with E-state index in [9.17, 15) is 8.42 Å². The Morgan fingerprint density at radius 3 is 2.33 bits per heavy atom. The molecule has 0 spiro atoms. The molecular formula is C13H28N2O2S. The molecule has 0 radical (unpaired) electrons. The van der Waals surface area contributed by atoms with E-state index in [1.54, 1.807) is 0 Å². The van der Waals surface area contributed by atoms with Gasteiger partial charge in [-0.25, -0.2) is 8.42 Å². The minimum atomic E-state index is -2.87. The van der Waals surface area contributed by atoms with Crippen molar-refractivity contribution in [2.24, 2.45) is 11.8 Å². The number of hydrogen-bond donors (Lipinski definition) is 1. The molecule has 3 atom stereocenters. The fraction of sp³-hybridized carbons (Fsp3) is 1.00. The second kappa shape index (κ2) is 6.87. The van der Waals surface area contributed by atoms with E-state index in [1.165, 1.54) is 25.8 Å². The molecule has 1 fully saturated rings. The first-order valence-electron chi connectivity index (χ1n) is 6.89. The highest BCUT2D eigenvalue weighted by Gasteiger charge is 2.21. The van der Waals surface area contributed by atoms with Crippen LogP contribution in [-0.4, -0.2) is 57.5 Å². The maximum absolute atomic E-state index is 11.1. The average molecular weight is 276 g/mol. The first-order valence-corrected chi connectivity index (χ1v) is 8.95. The fourth-order valence-corrected chi connectivity index (χ4v) is 3.98. The Hall–Kier alpha value is -0.130. The van der Waals surface area contributed by atoms with Crippen molar-refractivity contribution >= 4 is 9.84 Å². The van der Waals surface area contributed by atoms with Crippen LogP contribution in [0.2, 0.25) is 0 Å². The average Bonchev–Trinajstić information content (AvgIpc) is 2.12. The summed E-state index contributed by atoms with van der Waals surface area (Å²) in [6.07, 6.45) is 2.62. The predicted octanol–water partition coefficient (Wildman–Crippen LogP) is 0.987. The quantitative estimate of drug-likeness (QED) is 0.786. The molecule has 1 aliphatic rings. The Balaban J connectivity index is 2.21. The molecule has 0 saturated carbocycles. The molecule has 1 N–H and O–H groups in total. The standard InChI is InChI=1S/C13H28N2O2S/c1-11-7-12(2)9-15(8-11)6-5-14-13(3)10-18(4,16)17/h11-14H,5-10H2,1-4H3. The van der Waals surface area contributed by atoms with Gasteiger partial charge in [0.1, 0.15) is 9.84 Å². The lowest BCUT2D eigenvalue weighted by molar-refractivity contribution is 0.141. The van der Waals surface area contributed by atoms with Crippen LogP contribution in [0.15, 0.2) is 0 Å². The Bertz CT molecular complexity index is 333. The van der Waals surface area contributed by atoms with Gasteiger partial charge in [0, 0.05) is 38.5 Å². The van der Waals surface area contributed by atoms with E-state index in [1.807, 2.05) is 6.92 Å². The molecule has 18 heavy (non-hydrogen) atoms. The Morgan fingerprint density at radius 1 is 1.28 bits per heavy atom. The first kappa shape index (κ1) is 15.9. The number of nitrogens with one attached hydrogen (secondary N) is 1. The van der Waals surface area contributed by atoms with Crippen LogP contribution in [0, 0.1) is 11.8 Å². The van der Waals surface area contributed by atoms with Gasteiger partial charge in [-0.05, 0) is 25.2 Å². The van der Waals surface area contributed by atoms with E-state index in [0.717, 1.165) is 24.9 Å². The van der Waals surface area contributed by atoms with Crippen molar-refractivity contribution in [3.8, 4) is 0 Å². The number of hydrogen-bond acceptors (Lipinski definition) is 4. The van der Waals surface area contributed by atoms with Gasteiger partial charge in [0.05, 0.1) is 5.75 Å². The number of sulfone groups is 1. The maximum Gasteiger partial charge on any atom is 0.148 e. The summed E-state index contributed by atoms with van der Waals surface area (Å²) in [5, 5.41) is 3.30. The topological polar surface area (TPSA) is 49.4 Å². The molecule has 1 aliphatic heterocycles. The summed E-state index contributed by atoms with van der Waals surface area (Å²) in [5.41, 5.74) is 0. The summed E-state index contributed by atoms with van der Waals surface area (Å²) < 4.78 is 22.3. The molecular weight excluding hydrogens is 248 g/mol. The molecule has 0 amide bonds. The van der Waals surface area contributed by atoms with Crippen LogP contribution in [0.4, 0.5) is 0 Å². The molecule has 0 bridgehead atoms. The van der Waals surface area contributed by atoms with Crippen molar-refractivity contribution in [2.75, 3.05) is 38.2 Å². The smallest absolute Gasteiger partial charge is 0.148 e. The molecule has 1 saturated heterocycles. The second-order valence-corrected chi connectivity index (χ2v) is 8.34. The van der Waals surface area contributed by atoms with Gasteiger partial charge in [-0.3, -0.25) is 0 Å². The largest absolute Gasteiger partial charge is 0.312 e. The minimum Gasteiger partial charge on any atom is -0.312 e. The molecule has 5 heteroatoms. The van der Waals surface area contributed by atoms with Crippen LogP contribution in [0.5, 0.6) is 0 Å². The van der Waals surface area contributed by atoms with Crippen molar-refractivity contribution in [2.45, 2.75) is 33.2 Å². The summed E-state index contributed by atoms with van der Waals surface area (Å²) in [7, 11) is -2.87. The van der Waals surface area contributed by atoms with Crippen molar-refractivity contribution in [1.82, 2.24) is 10.2 Å². The number of likely N-dealkylation sites (tertiary alicyclic amines) is 1. The Labute approximate surface area is 112 Å². The minimum absolute atomic E-state index is 0.0413. The van der Waals surface area contributed by atoms with E-state index in [-0.39, 0.29) is 11.8 Å². The highest BCUT2D eigenvalue weighted by Crippen LogP contribution is 2.20. The third-order valence-corrected chi connectivity index (χ3v) is 4.52. The zero-order valence-corrected chi connectivity index (χ0v) is 13.0. The van der Waals surface area contributed by atoms with E-state index in [0.29, 0.717) is 0 Å². The first-order chi connectivity index (χ1) is 8.26. The van der Waals surface area contributed by atoms with Crippen molar-refractivity contribution in [3.05, 3.63) is 0 Å². The summed E-state index contributed by atoms with van der Waals surface area (Å²) >= 11 is 0. The van der Waals surface area contributed by atoms with Gasteiger partial charge in [0.25, 0.3) is 0 Å². The zero-order chi connectivity index (χ0) is 13.8. The normalized spacial score (nSPS) is 28.2. The van der Waals surface area contributed by atoms with Gasteiger partial charge in [-0.2, -0.15) is 0 Å². The Morgan fingerprint density at radius 2 is 1.83 bits per heavy atom. The van der Waals surface area contributed by atoms with E-state index in [2.05, 4.69) is 24.1 Å². The van der Waals surface area contributed by atoms with Crippen molar-refractivity contribution < 1.29 is 8.42 Å². The van der Waals surface area contributed by atoms with Crippen LogP contribution < -0.4 is 5.32 Å².